The Morgan fingerprint density at radius 1 is 1.18 bits per heavy atom. The van der Waals surface area contributed by atoms with Crippen molar-refractivity contribution in [3.63, 3.8) is 0 Å². The van der Waals surface area contributed by atoms with Crippen LogP contribution in [-0.4, -0.2) is 22.6 Å². The van der Waals surface area contributed by atoms with Gasteiger partial charge < -0.3 is 5.32 Å². The molecule has 2 aromatic rings. The molecule has 0 bridgehead atoms. The summed E-state index contributed by atoms with van der Waals surface area (Å²) in [4.78, 5) is 25.0. The minimum atomic E-state index is -0.376. The fourth-order valence-corrected chi connectivity index (χ4v) is 3.45. The molecule has 1 aliphatic rings. The maximum atomic E-state index is 12.8. The third kappa shape index (κ3) is 3.01. The summed E-state index contributed by atoms with van der Waals surface area (Å²) >= 11 is 1.51. The zero-order valence-electron chi connectivity index (χ0n) is 11.7. The summed E-state index contributed by atoms with van der Waals surface area (Å²) < 4.78 is 13.8. The van der Waals surface area contributed by atoms with E-state index < -0.39 is 0 Å². The Morgan fingerprint density at radius 2 is 1.91 bits per heavy atom. The van der Waals surface area contributed by atoms with Crippen LogP contribution in [-0.2, 0) is 0 Å². The Morgan fingerprint density at radius 3 is 2.64 bits per heavy atom. The minimum absolute atomic E-state index is 0.231. The van der Waals surface area contributed by atoms with Gasteiger partial charge in [-0.15, -0.1) is 0 Å². The quantitative estimate of drug-likeness (QED) is 0.878. The Balaban J connectivity index is 1.53. The summed E-state index contributed by atoms with van der Waals surface area (Å²) in [5.41, 5.74) is 1.09. The van der Waals surface area contributed by atoms with Crippen LogP contribution in [0.2, 0.25) is 0 Å². The number of halogens is 1. The van der Waals surface area contributed by atoms with Crippen molar-refractivity contribution in [2.24, 2.45) is 0 Å². The highest BCUT2D eigenvalue weighted by molar-refractivity contribution is 8.00. The van der Waals surface area contributed by atoms with E-state index in [1.807, 2.05) is 18.2 Å². The summed E-state index contributed by atoms with van der Waals surface area (Å²) in [5.74, 6) is -0.642. The lowest BCUT2D eigenvalue weighted by atomic mass is 10.2. The van der Waals surface area contributed by atoms with Gasteiger partial charge in [-0.3, -0.25) is 4.79 Å². The molecule has 112 valence electrons. The number of rotatable bonds is 4. The van der Waals surface area contributed by atoms with Gasteiger partial charge in [0.2, 0.25) is 0 Å². The van der Waals surface area contributed by atoms with Crippen molar-refractivity contribution in [2.75, 3.05) is 6.54 Å². The first-order valence-electron chi connectivity index (χ1n) is 6.91. The number of nitrogens with one attached hydrogen (secondary N) is 1. The number of benzene rings is 2. The zero-order chi connectivity index (χ0) is 15.5. The molecule has 0 radical (unpaired) electrons. The molecule has 6 heteroatoms. The van der Waals surface area contributed by atoms with Gasteiger partial charge in [-0.1, -0.05) is 12.1 Å². The van der Waals surface area contributed by atoms with Gasteiger partial charge in [-0.05, 0) is 42.1 Å². The topological polar surface area (TPSA) is 49.2 Å². The third-order valence-electron chi connectivity index (χ3n) is 3.41. The molecule has 0 saturated carbocycles. The van der Waals surface area contributed by atoms with E-state index in [4.69, 9.17) is 0 Å². The summed E-state index contributed by atoms with van der Waals surface area (Å²) in [7, 11) is 0. The first-order chi connectivity index (χ1) is 10.6. The lowest BCUT2D eigenvalue weighted by Crippen LogP contribution is -2.27. The number of fused-ring (bicyclic) bond motifs is 1. The molecule has 1 heterocycles. The smallest absolute Gasteiger partial charge is 0.271 e. The standard InChI is InChI=1S/C16H13FN2O2S/c17-12-7-5-11(6-8-12)16(20)18-10-9-15-19(21)13-3-1-2-4-14(13)22-15/h1-8,15H,9-10H2/p+1. The fourth-order valence-electron chi connectivity index (χ4n) is 2.28. The third-order valence-corrected chi connectivity index (χ3v) is 4.71. The van der Waals surface area contributed by atoms with Crippen molar-refractivity contribution in [3.05, 3.63) is 64.8 Å². The van der Waals surface area contributed by atoms with Crippen molar-refractivity contribution in [3.8, 4) is 0 Å². The van der Waals surface area contributed by atoms with Crippen LogP contribution in [0.15, 0.2) is 53.4 Å². The van der Waals surface area contributed by atoms with Crippen molar-refractivity contribution < 1.29 is 13.9 Å². The second kappa shape index (κ2) is 6.27. The van der Waals surface area contributed by atoms with Gasteiger partial charge in [0, 0.05) is 29.5 Å². The van der Waals surface area contributed by atoms with E-state index in [1.54, 1.807) is 6.07 Å². The van der Waals surface area contributed by atoms with Gasteiger partial charge in [0.1, 0.15) is 5.82 Å². The number of thioether (sulfide) groups is 1. The number of carbonyl (C=O) groups is 1. The van der Waals surface area contributed by atoms with Gasteiger partial charge >= 0.3 is 0 Å². The van der Waals surface area contributed by atoms with E-state index in [9.17, 15) is 14.1 Å². The number of hydrogen-bond donors (Lipinski definition) is 1. The summed E-state index contributed by atoms with van der Waals surface area (Å²) in [6.07, 6.45) is 0.537. The minimum Gasteiger partial charge on any atom is -0.352 e. The molecule has 3 rings (SSSR count). The van der Waals surface area contributed by atoms with Gasteiger partial charge in [0.25, 0.3) is 17.0 Å². The second-order valence-electron chi connectivity index (χ2n) is 4.92. The predicted octanol–water partition coefficient (Wildman–Crippen LogP) is 3.49. The molecule has 0 aromatic heterocycles. The molecule has 1 amide bonds. The summed E-state index contributed by atoms with van der Waals surface area (Å²) in [6.45, 7) is 0.389. The molecule has 1 atom stereocenters. The van der Waals surface area contributed by atoms with Crippen molar-refractivity contribution >= 4 is 23.4 Å². The van der Waals surface area contributed by atoms with Crippen LogP contribution in [0, 0.1) is 10.7 Å². The largest absolute Gasteiger partial charge is 0.352 e. The van der Waals surface area contributed by atoms with Crippen molar-refractivity contribution in [2.45, 2.75) is 16.7 Å². The number of carbonyl (C=O) groups excluding carboxylic acids is 1. The fraction of sp³-hybridized carbons (Fsp3) is 0.188. The van der Waals surface area contributed by atoms with E-state index in [2.05, 4.69) is 5.32 Å². The second-order valence-corrected chi connectivity index (χ2v) is 6.14. The van der Waals surface area contributed by atoms with Crippen LogP contribution < -0.4 is 5.32 Å². The number of para-hydroxylation sites is 1. The van der Waals surface area contributed by atoms with E-state index in [0.29, 0.717) is 24.2 Å². The highest BCUT2D eigenvalue weighted by atomic mass is 32.2. The molecule has 0 aliphatic carbocycles. The molecule has 1 aliphatic heterocycles. The number of nitroso groups, excluding NO2 is 1. The first-order valence-corrected chi connectivity index (χ1v) is 7.79. The van der Waals surface area contributed by atoms with E-state index in [-0.39, 0.29) is 17.1 Å². The van der Waals surface area contributed by atoms with Gasteiger partial charge in [0.15, 0.2) is 0 Å². The highest BCUT2D eigenvalue weighted by Crippen LogP contribution is 2.42. The molecule has 0 fully saturated rings. The predicted molar refractivity (Wildman–Crippen MR) is 82.7 cm³/mol. The summed E-state index contributed by atoms with van der Waals surface area (Å²) in [5, 5.41) is 2.52. The molecule has 1 N–H and O–H groups in total. The van der Waals surface area contributed by atoms with Crippen LogP contribution in [0.1, 0.15) is 16.8 Å². The molecular weight excluding hydrogens is 303 g/mol. The molecular formula is C16H14FN2O2S+. The lowest BCUT2D eigenvalue weighted by Gasteiger charge is -2.05. The average molecular weight is 317 g/mol. The van der Waals surface area contributed by atoms with Gasteiger partial charge in [-0.25, -0.2) is 4.39 Å². The average Bonchev–Trinajstić information content (AvgIpc) is 2.85. The van der Waals surface area contributed by atoms with Gasteiger partial charge in [0.05, 0.1) is 9.66 Å². The number of nitrogens with zero attached hydrogens (tertiary/aromatic N) is 1. The van der Waals surface area contributed by atoms with Gasteiger partial charge in [-0.2, -0.15) is 0 Å². The molecule has 22 heavy (non-hydrogen) atoms. The lowest BCUT2D eigenvalue weighted by molar-refractivity contribution is -0.476. The SMILES string of the molecule is O=C(NCCC1Sc2ccccc2[N+]1=O)c1ccc(F)cc1. The Bertz CT molecular complexity index is 718. The van der Waals surface area contributed by atoms with Crippen LogP contribution in [0.3, 0.4) is 0 Å². The number of amides is 1. The highest BCUT2D eigenvalue weighted by Gasteiger charge is 2.38. The Hall–Kier alpha value is -2.21. The monoisotopic (exact) mass is 317 g/mol. The van der Waals surface area contributed by atoms with Crippen LogP contribution in [0.5, 0.6) is 0 Å². The Kier molecular flexibility index (Phi) is 4.20. The normalized spacial score (nSPS) is 16.4. The maximum Gasteiger partial charge on any atom is 0.271 e. The zero-order valence-corrected chi connectivity index (χ0v) is 12.5. The van der Waals surface area contributed by atoms with Crippen LogP contribution >= 0.6 is 11.8 Å². The first kappa shape index (κ1) is 14.7. The maximum absolute atomic E-state index is 12.8. The molecule has 4 nitrogen and oxygen atoms in total. The van der Waals surface area contributed by atoms with Crippen LogP contribution in [0.25, 0.3) is 0 Å². The summed E-state index contributed by atoms with van der Waals surface area (Å²) in [6, 6.07) is 12.8. The van der Waals surface area contributed by atoms with Crippen LogP contribution in [0.4, 0.5) is 10.1 Å². The molecule has 2 aromatic carbocycles. The molecule has 0 saturated heterocycles. The van der Waals surface area contributed by atoms with Crippen molar-refractivity contribution in [1.29, 1.82) is 0 Å². The van der Waals surface area contributed by atoms with Crippen molar-refractivity contribution in [1.82, 2.24) is 5.32 Å². The van der Waals surface area contributed by atoms with E-state index in [1.165, 1.54) is 36.0 Å². The number of hydrogen-bond acceptors (Lipinski definition) is 3. The van der Waals surface area contributed by atoms with E-state index in [0.717, 1.165) is 9.66 Å². The Labute approximate surface area is 131 Å². The molecule has 0 spiro atoms. The van der Waals surface area contributed by atoms with E-state index >= 15 is 0 Å². The molecule has 1 unspecified atom stereocenters.